The van der Waals surface area contributed by atoms with Gasteiger partial charge in [0.1, 0.15) is 0 Å². The highest BCUT2D eigenvalue weighted by Crippen LogP contribution is 2.38. The van der Waals surface area contributed by atoms with Crippen LogP contribution in [-0.2, 0) is 0 Å². The molecule has 0 aliphatic heterocycles. The first-order valence-electron chi connectivity index (χ1n) is 6.93. The van der Waals surface area contributed by atoms with Crippen LogP contribution in [-0.4, -0.2) is 10.7 Å². The van der Waals surface area contributed by atoms with Crippen molar-refractivity contribution >= 4 is 43.8 Å². The molecule has 0 aliphatic carbocycles. The first-order chi connectivity index (χ1) is 10.6. The van der Waals surface area contributed by atoms with Crippen LogP contribution in [0.5, 0.6) is 0 Å². The van der Waals surface area contributed by atoms with Gasteiger partial charge >= 0.3 is 0 Å². The fourth-order valence-electron chi connectivity index (χ4n) is 3.17. The normalized spacial score (nSPS) is 11.5. The SMILES string of the molecule is CC(=O)c1cc2ccc3ccc([N+](=O)[O-])c4ccc(c1)c2c34. The van der Waals surface area contributed by atoms with Crippen molar-refractivity contribution in [1.29, 1.82) is 0 Å². The van der Waals surface area contributed by atoms with Crippen molar-refractivity contribution in [3.8, 4) is 0 Å². The topological polar surface area (TPSA) is 60.2 Å². The van der Waals surface area contributed by atoms with E-state index in [0.29, 0.717) is 10.9 Å². The second-order valence-corrected chi connectivity index (χ2v) is 5.47. The van der Waals surface area contributed by atoms with E-state index in [4.69, 9.17) is 0 Å². The van der Waals surface area contributed by atoms with Crippen LogP contribution in [0.1, 0.15) is 17.3 Å². The molecular weight excluding hydrogens is 278 g/mol. The van der Waals surface area contributed by atoms with Gasteiger partial charge in [0.2, 0.25) is 0 Å². The van der Waals surface area contributed by atoms with Crippen LogP contribution in [0.15, 0.2) is 48.5 Å². The monoisotopic (exact) mass is 289 g/mol. The predicted octanol–water partition coefficient (Wildman–Crippen LogP) is 4.69. The minimum absolute atomic E-state index is 0.0106. The molecule has 0 atom stereocenters. The molecular formula is C18H11NO3. The molecule has 0 aliphatic rings. The van der Waals surface area contributed by atoms with Gasteiger partial charge in [-0.05, 0) is 52.7 Å². The van der Waals surface area contributed by atoms with E-state index < -0.39 is 0 Å². The maximum absolute atomic E-state index is 11.7. The van der Waals surface area contributed by atoms with Gasteiger partial charge in [0, 0.05) is 17.0 Å². The zero-order valence-corrected chi connectivity index (χ0v) is 11.8. The zero-order chi connectivity index (χ0) is 15.4. The highest BCUT2D eigenvalue weighted by atomic mass is 16.6. The molecule has 0 saturated carbocycles. The average Bonchev–Trinajstić information content (AvgIpc) is 2.51. The van der Waals surface area contributed by atoms with Crippen LogP contribution in [0, 0.1) is 10.1 Å². The number of benzene rings is 4. The van der Waals surface area contributed by atoms with Gasteiger partial charge in [-0.3, -0.25) is 14.9 Å². The van der Waals surface area contributed by atoms with Gasteiger partial charge in [0.05, 0.1) is 10.3 Å². The molecule has 4 heteroatoms. The van der Waals surface area contributed by atoms with Crippen LogP contribution in [0.2, 0.25) is 0 Å². The van der Waals surface area contributed by atoms with E-state index in [1.54, 1.807) is 18.2 Å². The average molecular weight is 289 g/mol. The highest BCUT2D eigenvalue weighted by molar-refractivity contribution is 6.25. The van der Waals surface area contributed by atoms with E-state index in [1.165, 1.54) is 6.92 Å². The van der Waals surface area contributed by atoms with E-state index in [2.05, 4.69) is 0 Å². The van der Waals surface area contributed by atoms with Crippen molar-refractivity contribution < 1.29 is 9.72 Å². The molecule has 0 fully saturated rings. The molecule has 0 N–H and O–H groups in total. The largest absolute Gasteiger partial charge is 0.295 e. The third kappa shape index (κ3) is 1.61. The lowest BCUT2D eigenvalue weighted by molar-refractivity contribution is -0.383. The number of hydrogen-bond acceptors (Lipinski definition) is 3. The molecule has 4 aromatic rings. The van der Waals surface area contributed by atoms with Crippen LogP contribution in [0.4, 0.5) is 5.69 Å². The molecule has 0 radical (unpaired) electrons. The molecule has 0 aromatic heterocycles. The van der Waals surface area contributed by atoms with Crippen molar-refractivity contribution in [2.45, 2.75) is 6.92 Å². The number of nitro benzene ring substituents is 1. The lowest BCUT2D eigenvalue weighted by atomic mass is 9.91. The first kappa shape index (κ1) is 12.7. The summed E-state index contributed by atoms with van der Waals surface area (Å²) in [5.74, 6) is 0.0106. The van der Waals surface area contributed by atoms with E-state index in [-0.39, 0.29) is 16.4 Å². The molecule has 0 unspecified atom stereocenters. The minimum Gasteiger partial charge on any atom is -0.295 e. The van der Waals surface area contributed by atoms with Gasteiger partial charge in [-0.15, -0.1) is 0 Å². The first-order valence-corrected chi connectivity index (χ1v) is 6.93. The second-order valence-electron chi connectivity index (χ2n) is 5.47. The molecule has 22 heavy (non-hydrogen) atoms. The zero-order valence-electron chi connectivity index (χ0n) is 11.8. The number of nitrogens with zero attached hydrogens (tertiary/aromatic N) is 1. The standard InChI is InChI=1S/C18H11NO3/c1-10(20)14-8-12-3-2-11-5-7-16(19(21)22)15-6-4-13(9-14)17(12)18(11)15/h2-9H,1H3. The predicted molar refractivity (Wildman–Crippen MR) is 86.8 cm³/mol. The summed E-state index contributed by atoms with van der Waals surface area (Å²) in [5.41, 5.74) is 0.762. The molecule has 4 aromatic carbocycles. The highest BCUT2D eigenvalue weighted by Gasteiger charge is 2.17. The molecule has 4 rings (SSSR count). The number of Topliss-reactive ketones (excluding diaryl/α,β-unsaturated/α-hetero) is 1. The van der Waals surface area contributed by atoms with Gasteiger partial charge in [-0.1, -0.05) is 18.2 Å². The Hall–Kier alpha value is -3.01. The summed E-state index contributed by atoms with van der Waals surface area (Å²) >= 11 is 0. The second kappa shape index (κ2) is 4.24. The number of hydrogen-bond donors (Lipinski definition) is 0. The number of carbonyl (C=O) groups excluding carboxylic acids is 1. The Bertz CT molecular complexity index is 1060. The van der Waals surface area contributed by atoms with E-state index in [0.717, 1.165) is 26.9 Å². The quantitative estimate of drug-likeness (QED) is 0.233. The third-order valence-electron chi connectivity index (χ3n) is 4.18. The molecule has 0 bridgehead atoms. The van der Waals surface area contributed by atoms with Gasteiger partial charge in [-0.25, -0.2) is 0 Å². The van der Waals surface area contributed by atoms with Crippen LogP contribution < -0.4 is 0 Å². The molecule has 4 nitrogen and oxygen atoms in total. The fraction of sp³-hybridized carbons (Fsp3) is 0.0556. The Morgan fingerprint density at radius 1 is 0.909 bits per heavy atom. The van der Waals surface area contributed by atoms with Gasteiger partial charge in [-0.2, -0.15) is 0 Å². The summed E-state index contributed by atoms with van der Waals surface area (Å²) < 4.78 is 0. The Morgan fingerprint density at radius 3 is 2.14 bits per heavy atom. The van der Waals surface area contributed by atoms with Crippen LogP contribution >= 0.6 is 0 Å². The van der Waals surface area contributed by atoms with Gasteiger partial charge in [0.25, 0.3) is 5.69 Å². The number of nitro groups is 1. The Labute approximate surface area is 125 Å². The smallest absolute Gasteiger partial charge is 0.277 e. The molecule has 0 amide bonds. The lowest BCUT2D eigenvalue weighted by Gasteiger charge is -2.11. The number of rotatable bonds is 2. The maximum atomic E-state index is 11.7. The molecule has 0 saturated heterocycles. The van der Waals surface area contributed by atoms with E-state index >= 15 is 0 Å². The Kier molecular flexibility index (Phi) is 2.45. The van der Waals surface area contributed by atoms with Crippen LogP contribution in [0.25, 0.3) is 32.3 Å². The summed E-state index contributed by atoms with van der Waals surface area (Å²) in [6.45, 7) is 1.54. The van der Waals surface area contributed by atoms with Crippen molar-refractivity contribution in [1.82, 2.24) is 0 Å². The van der Waals surface area contributed by atoms with Crippen LogP contribution in [0.3, 0.4) is 0 Å². The van der Waals surface area contributed by atoms with Gasteiger partial charge < -0.3 is 0 Å². The molecule has 0 spiro atoms. The van der Waals surface area contributed by atoms with Crippen molar-refractivity contribution in [2.24, 2.45) is 0 Å². The number of carbonyl (C=O) groups is 1. The summed E-state index contributed by atoms with van der Waals surface area (Å²) in [4.78, 5) is 22.6. The summed E-state index contributed by atoms with van der Waals surface area (Å²) in [6, 6.07) is 14.5. The minimum atomic E-state index is -0.354. The third-order valence-corrected chi connectivity index (χ3v) is 4.18. The number of ketones is 1. The fourth-order valence-corrected chi connectivity index (χ4v) is 3.17. The van der Waals surface area contributed by atoms with Crippen molar-refractivity contribution in [2.75, 3.05) is 0 Å². The lowest BCUT2D eigenvalue weighted by Crippen LogP contribution is -1.95. The Morgan fingerprint density at radius 2 is 1.50 bits per heavy atom. The summed E-state index contributed by atoms with van der Waals surface area (Å²) in [5, 5.41) is 16.6. The number of non-ortho nitro benzene ring substituents is 1. The van der Waals surface area contributed by atoms with Crippen molar-refractivity contribution in [3.05, 3.63) is 64.2 Å². The maximum Gasteiger partial charge on any atom is 0.277 e. The molecule has 106 valence electrons. The van der Waals surface area contributed by atoms with Crippen molar-refractivity contribution in [3.63, 3.8) is 0 Å². The van der Waals surface area contributed by atoms with Gasteiger partial charge in [0.15, 0.2) is 5.78 Å². The summed E-state index contributed by atoms with van der Waals surface area (Å²) in [7, 11) is 0. The van der Waals surface area contributed by atoms with E-state index in [1.807, 2.05) is 30.3 Å². The van der Waals surface area contributed by atoms with E-state index in [9.17, 15) is 14.9 Å². The Balaban J connectivity index is 2.27. The molecule has 0 heterocycles. The summed E-state index contributed by atoms with van der Waals surface area (Å²) in [6.07, 6.45) is 0.